The van der Waals surface area contributed by atoms with Gasteiger partial charge in [0.15, 0.2) is 0 Å². The lowest BCUT2D eigenvalue weighted by Crippen LogP contribution is -2.12. The number of benzene rings is 3. The molecule has 0 aliphatic rings. The molecule has 0 aliphatic heterocycles. The molecule has 5 nitrogen and oxygen atoms in total. The molecule has 0 spiro atoms. The predicted octanol–water partition coefficient (Wildman–Crippen LogP) is 7.73. The van der Waals surface area contributed by atoms with Crippen LogP contribution >= 0.6 is 0 Å². The zero-order valence-electron chi connectivity index (χ0n) is 21.5. The molecule has 36 heavy (non-hydrogen) atoms. The summed E-state index contributed by atoms with van der Waals surface area (Å²) in [4.78, 5) is 24.7. The lowest BCUT2D eigenvalue weighted by molar-refractivity contribution is 0.0447. The summed E-state index contributed by atoms with van der Waals surface area (Å²) in [5.41, 5.74) is 2.92. The summed E-state index contributed by atoms with van der Waals surface area (Å²) in [5.74, 6) is 0.716. The average Bonchev–Trinajstić information content (AvgIpc) is 2.92. The molecule has 0 radical (unpaired) electrons. The summed E-state index contributed by atoms with van der Waals surface area (Å²) in [6, 6.07) is 21.7. The van der Waals surface area contributed by atoms with E-state index in [0.717, 1.165) is 36.3 Å². The SMILES string of the molecule is CCCCCCOc1ccc(-c2ccc(C(=O)Oc3ccc(C(=O)OCC(C)CC)cc3)cc2)cc1. The van der Waals surface area contributed by atoms with E-state index in [1.54, 1.807) is 36.4 Å². The second kappa shape index (κ2) is 14.1. The monoisotopic (exact) mass is 488 g/mol. The van der Waals surface area contributed by atoms with Crippen molar-refractivity contribution in [2.24, 2.45) is 5.92 Å². The van der Waals surface area contributed by atoms with Gasteiger partial charge in [-0.05, 0) is 72.0 Å². The van der Waals surface area contributed by atoms with E-state index in [2.05, 4.69) is 13.8 Å². The van der Waals surface area contributed by atoms with Crippen molar-refractivity contribution in [1.29, 1.82) is 0 Å². The first-order chi connectivity index (χ1) is 17.5. The summed E-state index contributed by atoms with van der Waals surface area (Å²) in [7, 11) is 0. The molecule has 190 valence electrons. The smallest absolute Gasteiger partial charge is 0.343 e. The second-order valence-corrected chi connectivity index (χ2v) is 9.04. The first kappa shape index (κ1) is 27.0. The molecule has 3 aromatic carbocycles. The molecule has 0 bridgehead atoms. The van der Waals surface area contributed by atoms with Crippen molar-refractivity contribution < 1.29 is 23.8 Å². The van der Waals surface area contributed by atoms with E-state index in [0.29, 0.717) is 29.4 Å². The van der Waals surface area contributed by atoms with Crippen molar-refractivity contribution in [1.82, 2.24) is 0 Å². The maximum absolute atomic E-state index is 12.6. The lowest BCUT2D eigenvalue weighted by Gasteiger charge is -2.10. The lowest BCUT2D eigenvalue weighted by atomic mass is 10.0. The largest absolute Gasteiger partial charge is 0.494 e. The standard InChI is InChI=1S/C31H36O5/c1-4-6-7-8-21-34-28-17-13-25(14-18-28)24-9-11-27(12-10-24)31(33)36-29-19-15-26(16-20-29)30(32)35-22-23(3)5-2/h9-20,23H,4-8,21-22H2,1-3H3. The minimum atomic E-state index is -0.458. The number of carbonyl (C=O) groups excluding carboxylic acids is 2. The number of hydrogen-bond acceptors (Lipinski definition) is 5. The van der Waals surface area contributed by atoms with Crippen LogP contribution in [0, 0.1) is 5.92 Å². The van der Waals surface area contributed by atoms with Crippen LogP contribution in [0.2, 0.25) is 0 Å². The van der Waals surface area contributed by atoms with Crippen LogP contribution in [0.5, 0.6) is 11.5 Å². The Hall–Kier alpha value is -3.60. The molecule has 5 heteroatoms. The van der Waals surface area contributed by atoms with Gasteiger partial charge in [-0.15, -0.1) is 0 Å². The van der Waals surface area contributed by atoms with E-state index < -0.39 is 5.97 Å². The molecule has 0 saturated heterocycles. The molecule has 0 heterocycles. The zero-order chi connectivity index (χ0) is 25.8. The molecule has 3 rings (SSSR count). The van der Waals surface area contributed by atoms with Crippen LogP contribution in [0.1, 0.15) is 73.6 Å². The second-order valence-electron chi connectivity index (χ2n) is 9.04. The maximum Gasteiger partial charge on any atom is 0.343 e. The fourth-order valence-corrected chi connectivity index (χ4v) is 3.51. The van der Waals surface area contributed by atoms with Crippen molar-refractivity contribution in [3.8, 4) is 22.6 Å². The van der Waals surface area contributed by atoms with Gasteiger partial charge in [-0.2, -0.15) is 0 Å². The van der Waals surface area contributed by atoms with Crippen molar-refractivity contribution >= 4 is 11.9 Å². The Labute approximate surface area is 214 Å². The van der Waals surface area contributed by atoms with Crippen LogP contribution in [0.4, 0.5) is 0 Å². The van der Waals surface area contributed by atoms with Crippen LogP contribution in [0.15, 0.2) is 72.8 Å². The number of carbonyl (C=O) groups is 2. The fourth-order valence-electron chi connectivity index (χ4n) is 3.51. The van der Waals surface area contributed by atoms with E-state index in [9.17, 15) is 9.59 Å². The quantitative estimate of drug-likeness (QED) is 0.140. The third kappa shape index (κ3) is 8.26. The van der Waals surface area contributed by atoms with Gasteiger partial charge in [0.2, 0.25) is 0 Å². The third-order valence-electron chi connectivity index (χ3n) is 6.07. The Morgan fingerprint density at radius 3 is 1.86 bits per heavy atom. The molecule has 0 aromatic heterocycles. The highest BCUT2D eigenvalue weighted by Crippen LogP contribution is 2.24. The van der Waals surface area contributed by atoms with Crippen LogP contribution in [-0.2, 0) is 4.74 Å². The highest BCUT2D eigenvalue weighted by molar-refractivity contribution is 5.92. The summed E-state index contributed by atoms with van der Waals surface area (Å²) in [6.45, 7) is 7.41. The topological polar surface area (TPSA) is 61.8 Å². The van der Waals surface area contributed by atoms with Crippen LogP contribution < -0.4 is 9.47 Å². The Morgan fingerprint density at radius 1 is 0.694 bits per heavy atom. The third-order valence-corrected chi connectivity index (χ3v) is 6.07. The molecule has 0 amide bonds. The number of unbranched alkanes of at least 4 members (excludes halogenated alkanes) is 3. The van der Waals surface area contributed by atoms with Crippen molar-refractivity contribution in [3.05, 3.63) is 83.9 Å². The number of ether oxygens (including phenoxy) is 3. The van der Waals surface area contributed by atoms with E-state index >= 15 is 0 Å². The zero-order valence-corrected chi connectivity index (χ0v) is 21.5. The van der Waals surface area contributed by atoms with Gasteiger partial charge < -0.3 is 14.2 Å². The highest BCUT2D eigenvalue weighted by atomic mass is 16.5. The predicted molar refractivity (Wildman–Crippen MR) is 143 cm³/mol. The average molecular weight is 489 g/mol. The van der Waals surface area contributed by atoms with E-state index in [1.165, 1.54) is 19.3 Å². The van der Waals surface area contributed by atoms with E-state index in [1.807, 2.05) is 43.3 Å². The Morgan fingerprint density at radius 2 is 1.25 bits per heavy atom. The van der Waals surface area contributed by atoms with Gasteiger partial charge in [0, 0.05) is 0 Å². The Bertz CT molecular complexity index is 1090. The molecular formula is C31H36O5. The van der Waals surface area contributed by atoms with Gasteiger partial charge in [-0.3, -0.25) is 0 Å². The van der Waals surface area contributed by atoms with E-state index in [-0.39, 0.29) is 5.97 Å². The normalized spacial score (nSPS) is 11.5. The molecule has 0 aliphatic carbocycles. The molecule has 3 aromatic rings. The van der Waals surface area contributed by atoms with Gasteiger partial charge in [0.25, 0.3) is 0 Å². The first-order valence-electron chi connectivity index (χ1n) is 12.8. The number of esters is 2. The molecule has 1 unspecified atom stereocenters. The van der Waals surface area contributed by atoms with Crippen molar-refractivity contribution in [3.63, 3.8) is 0 Å². The Kier molecular flexibility index (Phi) is 10.6. The highest BCUT2D eigenvalue weighted by Gasteiger charge is 2.12. The van der Waals surface area contributed by atoms with Gasteiger partial charge in [0.05, 0.1) is 24.3 Å². The van der Waals surface area contributed by atoms with Crippen LogP contribution in [0.3, 0.4) is 0 Å². The fraction of sp³-hybridized carbons (Fsp3) is 0.355. The summed E-state index contributed by atoms with van der Waals surface area (Å²) in [6.07, 6.45) is 5.68. The van der Waals surface area contributed by atoms with Crippen molar-refractivity contribution in [2.45, 2.75) is 52.9 Å². The summed E-state index contributed by atoms with van der Waals surface area (Å²) >= 11 is 0. The van der Waals surface area contributed by atoms with Gasteiger partial charge >= 0.3 is 11.9 Å². The summed E-state index contributed by atoms with van der Waals surface area (Å²) < 4.78 is 16.6. The van der Waals surface area contributed by atoms with Gasteiger partial charge in [-0.25, -0.2) is 9.59 Å². The summed E-state index contributed by atoms with van der Waals surface area (Å²) in [5, 5.41) is 0. The van der Waals surface area contributed by atoms with Crippen LogP contribution in [0.25, 0.3) is 11.1 Å². The van der Waals surface area contributed by atoms with E-state index in [4.69, 9.17) is 14.2 Å². The maximum atomic E-state index is 12.6. The van der Waals surface area contributed by atoms with Crippen LogP contribution in [-0.4, -0.2) is 25.2 Å². The Balaban J connectivity index is 1.52. The molecule has 0 fully saturated rings. The minimum absolute atomic E-state index is 0.319. The number of hydrogen-bond donors (Lipinski definition) is 0. The van der Waals surface area contributed by atoms with Gasteiger partial charge in [-0.1, -0.05) is 70.7 Å². The number of rotatable bonds is 13. The first-order valence-corrected chi connectivity index (χ1v) is 12.8. The molecule has 0 saturated carbocycles. The minimum Gasteiger partial charge on any atom is -0.494 e. The molecule has 0 N–H and O–H groups in total. The van der Waals surface area contributed by atoms with Crippen molar-refractivity contribution in [2.75, 3.05) is 13.2 Å². The molecular weight excluding hydrogens is 452 g/mol. The van der Waals surface area contributed by atoms with Gasteiger partial charge in [0.1, 0.15) is 11.5 Å². The molecule has 1 atom stereocenters.